The molecule has 1 heterocycles. The maximum Gasteiger partial charge on any atom is 0.263 e. The van der Waals surface area contributed by atoms with Crippen molar-refractivity contribution in [3.8, 4) is 0 Å². The van der Waals surface area contributed by atoms with Gasteiger partial charge < -0.3 is 21.3 Å². The summed E-state index contributed by atoms with van der Waals surface area (Å²) in [6, 6.07) is 2.41. The van der Waals surface area contributed by atoms with Gasteiger partial charge in [-0.3, -0.25) is 4.79 Å². The molecule has 0 radical (unpaired) electrons. The molecule has 0 aliphatic rings. The highest BCUT2D eigenvalue weighted by Gasteiger charge is 2.13. The van der Waals surface area contributed by atoms with E-state index in [0.717, 1.165) is 30.9 Å². The second-order valence-corrected chi connectivity index (χ2v) is 6.56. The maximum absolute atomic E-state index is 11.9. The van der Waals surface area contributed by atoms with Gasteiger partial charge in [-0.05, 0) is 46.3 Å². The van der Waals surface area contributed by atoms with Crippen LogP contribution in [0.1, 0.15) is 43.3 Å². The van der Waals surface area contributed by atoms with Crippen LogP contribution in [0.25, 0.3) is 0 Å². The minimum atomic E-state index is -0.0769. The first-order valence-electron chi connectivity index (χ1n) is 7.57. The van der Waals surface area contributed by atoms with E-state index in [-0.39, 0.29) is 5.91 Å². The normalized spacial score (nSPS) is 11.1. The van der Waals surface area contributed by atoms with Crippen LogP contribution in [-0.4, -0.2) is 43.5 Å². The summed E-state index contributed by atoms with van der Waals surface area (Å²) in [7, 11) is 2.13. The van der Waals surface area contributed by atoms with E-state index < -0.39 is 0 Å². The summed E-state index contributed by atoms with van der Waals surface area (Å²) >= 11 is 1.42. The molecule has 6 heteroatoms. The third-order valence-electron chi connectivity index (χ3n) is 3.37. The Kier molecular flexibility index (Phi) is 7.53. The summed E-state index contributed by atoms with van der Waals surface area (Å²) in [5.41, 5.74) is 6.46. The monoisotopic (exact) mass is 312 g/mol. The van der Waals surface area contributed by atoms with Crippen molar-refractivity contribution in [3.05, 3.63) is 10.9 Å². The average molecular weight is 312 g/mol. The van der Waals surface area contributed by atoms with E-state index in [2.05, 4.69) is 36.4 Å². The molecule has 5 nitrogen and oxygen atoms in total. The zero-order chi connectivity index (χ0) is 15.8. The lowest BCUT2D eigenvalue weighted by Crippen LogP contribution is -2.28. The van der Waals surface area contributed by atoms with E-state index in [1.54, 1.807) is 0 Å². The van der Waals surface area contributed by atoms with E-state index >= 15 is 0 Å². The fourth-order valence-electron chi connectivity index (χ4n) is 1.79. The lowest BCUT2D eigenvalue weighted by atomic mass is 10.3. The summed E-state index contributed by atoms with van der Waals surface area (Å²) in [5, 5.41) is 7.16. The molecule has 1 aromatic rings. The zero-order valence-electron chi connectivity index (χ0n) is 13.5. The number of carbonyl (C=O) groups is 1. The molecule has 0 saturated heterocycles. The first-order valence-corrected chi connectivity index (χ1v) is 8.39. The lowest BCUT2D eigenvalue weighted by molar-refractivity contribution is 0.0958. The molecule has 0 fully saturated rings. The third-order valence-corrected chi connectivity index (χ3v) is 4.48. The molecule has 0 aromatic carbocycles. The second-order valence-electron chi connectivity index (χ2n) is 5.51. The van der Waals surface area contributed by atoms with Crippen LogP contribution in [0.2, 0.25) is 0 Å². The Morgan fingerprint density at radius 2 is 2.14 bits per heavy atom. The smallest absolute Gasteiger partial charge is 0.263 e. The van der Waals surface area contributed by atoms with Gasteiger partial charge >= 0.3 is 0 Å². The number of nitrogen functional groups attached to an aromatic ring is 1. The largest absolute Gasteiger partial charge is 0.397 e. The molecule has 0 spiro atoms. The number of rotatable bonds is 9. The molecular formula is C15H28N4OS. The summed E-state index contributed by atoms with van der Waals surface area (Å²) in [6.45, 7) is 9.02. The molecule has 0 saturated carbocycles. The summed E-state index contributed by atoms with van der Waals surface area (Å²) in [4.78, 5) is 14.8. The Morgan fingerprint density at radius 3 is 2.76 bits per heavy atom. The number of nitrogens with two attached hydrogens (primary N) is 1. The Morgan fingerprint density at radius 1 is 1.43 bits per heavy atom. The highest BCUT2D eigenvalue weighted by Crippen LogP contribution is 2.29. The fraction of sp³-hybridized carbons (Fsp3) is 0.667. The molecule has 1 aromatic heterocycles. The molecule has 1 amide bonds. The van der Waals surface area contributed by atoms with Crippen molar-refractivity contribution >= 4 is 27.9 Å². The van der Waals surface area contributed by atoms with E-state index in [4.69, 9.17) is 5.73 Å². The molecule has 0 atom stereocenters. The third kappa shape index (κ3) is 5.93. The molecule has 1 rings (SSSR count). The number of hydrogen-bond acceptors (Lipinski definition) is 5. The minimum Gasteiger partial charge on any atom is -0.397 e. The van der Waals surface area contributed by atoms with Crippen LogP contribution in [0, 0.1) is 0 Å². The number of nitrogens with one attached hydrogen (secondary N) is 2. The van der Waals surface area contributed by atoms with Crippen LogP contribution in [0.5, 0.6) is 0 Å². The van der Waals surface area contributed by atoms with Gasteiger partial charge in [-0.1, -0.05) is 6.92 Å². The van der Waals surface area contributed by atoms with Gasteiger partial charge in [0, 0.05) is 19.1 Å². The average Bonchev–Trinajstić information content (AvgIpc) is 2.81. The predicted octanol–water partition coefficient (Wildman–Crippen LogP) is 2.61. The number of anilines is 2. The van der Waals surface area contributed by atoms with Gasteiger partial charge in [0.15, 0.2) is 0 Å². The van der Waals surface area contributed by atoms with Gasteiger partial charge in [0.1, 0.15) is 4.88 Å². The summed E-state index contributed by atoms with van der Waals surface area (Å²) in [5.74, 6) is -0.0769. The van der Waals surface area contributed by atoms with Crippen molar-refractivity contribution in [2.24, 2.45) is 0 Å². The SMILES string of the molecule is CCCNC(=O)c1sc(NCCCN(C)C(C)C)cc1N. The molecule has 0 unspecified atom stereocenters. The van der Waals surface area contributed by atoms with Crippen LogP contribution in [0.15, 0.2) is 6.07 Å². The summed E-state index contributed by atoms with van der Waals surface area (Å²) in [6.07, 6.45) is 1.98. The van der Waals surface area contributed by atoms with Crippen LogP contribution in [0.3, 0.4) is 0 Å². The topological polar surface area (TPSA) is 70.4 Å². The zero-order valence-corrected chi connectivity index (χ0v) is 14.3. The Labute approximate surface area is 131 Å². The van der Waals surface area contributed by atoms with Gasteiger partial charge in [-0.15, -0.1) is 11.3 Å². The van der Waals surface area contributed by atoms with Gasteiger partial charge in [0.05, 0.1) is 10.7 Å². The number of thiophene rings is 1. The molecule has 0 aliphatic heterocycles. The van der Waals surface area contributed by atoms with Crippen molar-refractivity contribution in [1.82, 2.24) is 10.2 Å². The maximum atomic E-state index is 11.9. The van der Waals surface area contributed by atoms with Crippen molar-refractivity contribution in [1.29, 1.82) is 0 Å². The summed E-state index contributed by atoms with van der Waals surface area (Å²) < 4.78 is 0. The van der Waals surface area contributed by atoms with E-state index in [9.17, 15) is 4.79 Å². The number of amides is 1. The van der Waals surface area contributed by atoms with E-state index in [0.29, 0.717) is 23.2 Å². The fourth-order valence-corrected chi connectivity index (χ4v) is 2.71. The second kappa shape index (κ2) is 8.89. The molecule has 0 aliphatic carbocycles. The first kappa shape index (κ1) is 17.8. The molecule has 120 valence electrons. The van der Waals surface area contributed by atoms with Gasteiger partial charge in [0.2, 0.25) is 0 Å². The lowest BCUT2D eigenvalue weighted by Gasteiger charge is -2.20. The van der Waals surface area contributed by atoms with E-state index in [1.807, 2.05) is 13.0 Å². The van der Waals surface area contributed by atoms with Crippen molar-refractivity contribution in [2.45, 2.75) is 39.7 Å². The number of nitrogens with zero attached hydrogens (tertiary/aromatic N) is 1. The van der Waals surface area contributed by atoms with Gasteiger partial charge in [0.25, 0.3) is 5.91 Å². The number of carbonyl (C=O) groups excluding carboxylic acids is 1. The van der Waals surface area contributed by atoms with Crippen molar-refractivity contribution < 1.29 is 4.79 Å². The van der Waals surface area contributed by atoms with Crippen LogP contribution in [-0.2, 0) is 0 Å². The highest BCUT2D eigenvalue weighted by atomic mass is 32.1. The standard InChI is InChI=1S/C15H28N4OS/c1-5-7-18-15(20)14-12(16)10-13(21-14)17-8-6-9-19(4)11(2)3/h10-11,17H,5-9,16H2,1-4H3,(H,18,20). The van der Waals surface area contributed by atoms with Crippen LogP contribution >= 0.6 is 11.3 Å². The Balaban J connectivity index is 2.41. The van der Waals surface area contributed by atoms with Crippen LogP contribution in [0.4, 0.5) is 10.7 Å². The molecular weight excluding hydrogens is 284 g/mol. The molecule has 0 bridgehead atoms. The van der Waals surface area contributed by atoms with E-state index in [1.165, 1.54) is 11.3 Å². The Bertz CT molecular complexity index is 445. The quantitative estimate of drug-likeness (QED) is 0.613. The molecule has 4 N–H and O–H groups in total. The molecule has 21 heavy (non-hydrogen) atoms. The Hall–Kier alpha value is -1.27. The minimum absolute atomic E-state index is 0.0769. The first-order chi connectivity index (χ1) is 9.95. The van der Waals surface area contributed by atoms with Gasteiger partial charge in [-0.25, -0.2) is 0 Å². The van der Waals surface area contributed by atoms with Crippen molar-refractivity contribution in [3.63, 3.8) is 0 Å². The highest BCUT2D eigenvalue weighted by molar-refractivity contribution is 7.18. The van der Waals surface area contributed by atoms with Crippen LogP contribution < -0.4 is 16.4 Å². The van der Waals surface area contributed by atoms with Gasteiger partial charge in [-0.2, -0.15) is 0 Å². The predicted molar refractivity (Wildman–Crippen MR) is 92.2 cm³/mol. The number of hydrogen-bond donors (Lipinski definition) is 3. The van der Waals surface area contributed by atoms with Crippen molar-refractivity contribution in [2.75, 3.05) is 37.7 Å².